The first-order valence-electron chi connectivity index (χ1n) is 15.6. The molecule has 0 fully saturated rings. The summed E-state index contributed by atoms with van der Waals surface area (Å²) in [5, 5.41) is 0. The van der Waals surface area contributed by atoms with Crippen LogP contribution in [0.1, 0.15) is 0 Å². The second kappa shape index (κ2) is 14.3. The van der Waals surface area contributed by atoms with E-state index in [4.69, 9.17) is 0 Å². The van der Waals surface area contributed by atoms with Gasteiger partial charge in [-0.05, 0) is 0 Å². The Labute approximate surface area is 266 Å². The zero-order valence-corrected chi connectivity index (χ0v) is 41.8. The standard InChI is InChI=1S/4C7H19Si2.2Al/c4*1-8(2,3)7-9(4,5)6;;/h4*7H,1-6H3;;. The minimum absolute atomic E-state index is 0.668. The summed E-state index contributed by atoms with van der Waals surface area (Å²) in [6.07, 6.45) is 0. The lowest BCUT2D eigenvalue weighted by Gasteiger charge is -2.46. The lowest BCUT2D eigenvalue weighted by atomic mass is 11.6. The van der Waals surface area contributed by atoms with Crippen molar-refractivity contribution >= 4 is 95.0 Å². The van der Waals surface area contributed by atoms with Crippen LogP contribution in [0.3, 0.4) is 0 Å². The number of hydrogen-bond donors (Lipinski definition) is 0. The van der Waals surface area contributed by atoms with Crippen molar-refractivity contribution in [2.45, 2.75) is 173 Å². The van der Waals surface area contributed by atoms with Crippen LogP contribution in [0, 0.1) is 0 Å². The lowest BCUT2D eigenvalue weighted by molar-refractivity contribution is 1.34. The van der Waals surface area contributed by atoms with E-state index in [0.29, 0.717) is 30.4 Å². The first-order chi connectivity index (χ1) is 15.9. The monoisotopic (exact) mass is 690 g/mol. The fourth-order valence-electron chi connectivity index (χ4n) is 7.89. The molecule has 0 aliphatic rings. The van der Waals surface area contributed by atoms with Crippen molar-refractivity contribution in [2.75, 3.05) is 0 Å². The molecule has 0 N–H and O–H groups in total. The molecule has 0 bridgehead atoms. The van der Waals surface area contributed by atoms with Gasteiger partial charge in [0.2, 0.25) is 0 Å². The summed E-state index contributed by atoms with van der Waals surface area (Å²) >= 11 is 1.34. The smallest absolute Gasteiger partial charge is 0.101 e. The highest BCUT2D eigenvalue weighted by molar-refractivity contribution is 7.13. The summed E-state index contributed by atoms with van der Waals surface area (Å²) in [5.41, 5.74) is 0. The second-order valence-electron chi connectivity index (χ2n) is 21.2. The van der Waals surface area contributed by atoms with E-state index in [1.54, 1.807) is 0 Å². The molecular weight excluding hydrogens is 615 g/mol. The molecule has 0 aromatic heterocycles. The lowest BCUT2D eigenvalue weighted by Crippen LogP contribution is -2.55. The van der Waals surface area contributed by atoms with Crippen molar-refractivity contribution in [3.63, 3.8) is 0 Å². The fraction of sp³-hybridized carbons (Fsp3) is 1.00. The maximum Gasteiger partial charge on any atom is 0.195 e. The van der Waals surface area contributed by atoms with Crippen LogP contribution in [0.25, 0.3) is 0 Å². The summed E-state index contributed by atoms with van der Waals surface area (Å²) < 4.78 is 4.68. The Kier molecular flexibility index (Phi) is 16.1. The average molecular weight is 692 g/mol. The van der Waals surface area contributed by atoms with Gasteiger partial charge in [-0.15, -0.1) is 16.1 Å². The van der Waals surface area contributed by atoms with E-state index >= 15 is 0 Å². The molecule has 2 radical (unpaired) electrons. The molecule has 0 saturated heterocycles. The quantitative estimate of drug-likeness (QED) is 0.179. The Balaban J connectivity index is 0. The molecule has 0 aromatic rings. The number of hydrogen-bond acceptors (Lipinski definition) is 0. The average Bonchev–Trinajstić information content (AvgIpc) is 2.44. The van der Waals surface area contributed by atoms with Crippen LogP contribution >= 0.6 is 0 Å². The van der Waals surface area contributed by atoms with E-state index in [-0.39, 0.29) is 0 Å². The molecule has 38 heavy (non-hydrogen) atoms. The van der Waals surface area contributed by atoms with Gasteiger partial charge in [-0.2, -0.15) is 0 Å². The highest BCUT2D eigenvalue weighted by Crippen LogP contribution is 2.41. The van der Waals surface area contributed by atoms with Crippen molar-refractivity contribution in [3.8, 4) is 0 Å². The van der Waals surface area contributed by atoms with E-state index in [2.05, 4.69) is 157 Å². The molecular formula is C28H76Al2Si8. The van der Waals surface area contributed by atoms with Gasteiger partial charge < -0.3 is 0 Å². The first kappa shape index (κ1) is 42.9. The van der Waals surface area contributed by atoms with Gasteiger partial charge in [0.25, 0.3) is 0 Å². The molecule has 0 aliphatic carbocycles. The highest BCUT2D eigenvalue weighted by atomic mass is 28.4. The maximum absolute atomic E-state index is 2.63. The van der Waals surface area contributed by atoms with Gasteiger partial charge in [0.15, 0.2) is 30.4 Å². The predicted molar refractivity (Wildman–Crippen MR) is 213 cm³/mol. The molecule has 226 valence electrons. The third-order valence-corrected chi connectivity index (χ3v) is 74.1. The second-order valence-corrected chi connectivity index (χ2v) is 75.1. The Morgan fingerprint density at radius 3 is 0.342 bits per heavy atom. The van der Waals surface area contributed by atoms with Crippen LogP contribution in [-0.4, -0.2) is 95.0 Å². The van der Waals surface area contributed by atoms with Gasteiger partial charge >= 0.3 is 0 Å². The first-order valence-corrected chi connectivity index (χ1v) is 46.9. The van der Waals surface area contributed by atoms with E-state index in [9.17, 15) is 0 Å². The predicted octanol–water partition coefficient (Wildman–Crippen LogP) is 11.6. The SMILES string of the molecule is C[Si](C)(C)[CH]([Al][CH]([Si](C)(C)C)[Si](C)(C)C)[Si](C)(C)C.C[Si](C)(C)[CH]([Al][CH]([Si](C)(C)C)[Si](C)(C)C)[Si](C)(C)C. The largest absolute Gasteiger partial charge is 0.195 e. The summed E-state index contributed by atoms with van der Waals surface area (Å²) in [6, 6.07) is 0. The van der Waals surface area contributed by atoms with Crippen molar-refractivity contribution in [1.29, 1.82) is 0 Å². The molecule has 0 saturated carbocycles. The van der Waals surface area contributed by atoms with Gasteiger partial charge in [0, 0.05) is 64.6 Å². The van der Waals surface area contributed by atoms with E-state index < -0.39 is 64.6 Å². The van der Waals surface area contributed by atoms with Crippen LogP contribution in [0.2, 0.25) is 173 Å². The van der Waals surface area contributed by atoms with E-state index in [0.717, 1.165) is 0 Å². The molecule has 0 unspecified atom stereocenters. The van der Waals surface area contributed by atoms with Crippen LogP contribution in [0.5, 0.6) is 0 Å². The van der Waals surface area contributed by atoms with Gasteiger partial charge in [0.1, 0.15) is 0 Å². The maximum atomic E-state index is 2.63. The summed E-state index contributed by atoms with van der Waals surface area (Å²) in [6.45, 7) is 63.2. The van der Waals surface area contributed by atoms with Crippen LogP contribution < -0.4 is 0 Å². The molecule has 0 heterocycles. The van der Waals surface area contributed by atoms with Gasteiger partial charge in [-0.3, -0.25) is 0 Å². The Bertz CT molecular complexity index is 523. The third kappa shape index (κ3) is 16.0. The van der Waals surface area contributed by atoms with Crippen LogP contribution in [-0.2, 0) is 0 Å². The summed E-state index contributed by atoms with van der Waals surface area (Å²) in [5.74, 6) is 0. The fourth-order valence-corrected chi connectivity index (χ4v) is 77.9. The molecule has 0 atom stereocenters. The number of rotatable bonds is 12. The molecule has 0 rings (SSSR count). The molecule has 0 aliphatic heterocycles. The van der Waals surface area contributed by atoms with E-state index in [1.807, 2.05) is 0 Å². The molecule has 10 heteroatoms. The molecule has 0 spiro atoms. The topological polar surface area (TPSA) is 0 Å². The third-order valence-electron chi connectivity index (χ3n) is 8.23. The molecule has 0 aromatic carbocycles. The van der Waals surface area contributed by atoms with Crippen molar-refractivity contribution in [2.24, 2.45) is 0 Å². The van der Waals surface area contributed by atoms with Crippen molar-refractivity contribution in [1.82, 2.24) is 0 Å². The van der Waals surface area contributed by atoms with Crippen LogP contribution in [0.4, 0.5) is 0 Å². The normalized spacial score (nSPS) is 15.3. The molecule has 0 amide bonds. The summed E-state index contributed by atoms with van der Waals surface area (Å²) in [7, 11) is -7.99. The van der Waals surface area contributed by atoms with Crippen molar-refractivity contribution in [3.05, 3.63) is 0 Å². The van der Waals surface area contributed by atoms with E-state index in [1.165, 1.54) is 16.1 Å². The Morgan fingerprint density at radius 1 is 0.211 bits per heavy atom. The minimum atomic E-state index is -0.999. The summed E-state index contributed by atoms with van der Waals surface area (Å²) in [4.78, 5) is 0. The molecule has 0 nitrogen and oxygen atoms in total. The zero-order valence-electron chi connectivity index (χ0n) is 31.5. The Morgan fingerprint density at radius 2 is 0.289 bits per heavy atom. The Hall–Kier alpha value is 2.80. The van der Waals surface area contributed by atoms with Crippen LogP contribution in [0.15, 0.2) is 0 Å². The van der Waals surface area contributed by atoms with Gasteiger partial charge in [0.05, 0.1) is 0 Å². The highest BCUT2D eigenvalue weighted by Gasteiger charge is 2.47. The van der Waals surface area contributed by atoms with Gasteiger partial charge in [-0.25, -0.2) is 0 Å². The van der Waals surface area contributed by atoms with Crippen molar-refractivity contribution < 1.29 is 0 Å². The minimum Gasteiger partial charge on any atom is -0.101 e. The zero-order chi connectivity index (χ0) is 31.7. The van der Waals surface area contributed by atoms with Gasteiger partial charge in [-0.1, -0.05) is 157 Å².